The number of carboxylic acid groups (broad SMARTS) is 1. The average Bonchev–Trinajstić information content (AvgIpc) is 2.35. The Hall–Kier alpha value is -1.89. The van der Waals surface area contributed by atoms with Crippen LogP contribution in [0.5, 0.6) is 0 Å². The third-order valence-electron chi connectivity index (χ3n) is 3.13. The molecule has 0 fully saturated rings. The normalized spacial score (nSPS) is 12.8. The number of carbonyl (C=O) groups excluding carboxylic acids is 1. The monoisotopic (exact) mass is 299 g/mol. The largest absolute Gasteiger partial charge is 0.480 e. The van der Waals surface area contributed by atoms with Gasteiger partial charge < -0.3 is 10.0 Å². The summed E-state index contributed by atoms with van der Waals surface area (Å²) in [7, 11) is -2.06. The van der Waals surface area contributed by atoms with Crippen LogP contribution in [0.25, 0.3) is 0 Å². The molecule has 0 aliphatic carbocycles. The second-order valence-electron chi connectivity index (χ2n) is 4.68. The van der Waals surface area contributed by atoms with E-state index >= 15 is 0 Å². The Morgan fingerprint density at radius 3 is 2.30 bits per heavy atom. The van der Waals surface area contributed by atoms with E-state index in [1.54, 1.807) is 6.92 Å². The fourth-order valence-corrected chi connectivity index (χ4v) is 2.24. The Kier molecular flexibility index (Phi) is 4.54. The third-order valence-corrected chi connectivity index (χ3v) is 4.24. The zero-order chi connectivity index (χ0) is 15.7. The van der Waals surface area contributed by atoms with Crippen LogP contribution < -0.4 is 0 Å². The molecule has 1 aromatic carbocycles. The minimum absolute atomic E-state index is 0.0304. The van der Waals surface area contributed by atoms with Gasteiger partial charge in [0.15, 0.2) is 9.84 Å². The molecule has 0 aromatic heterocycles. The molecule has 0 heterocycles. The van der Waals surface area contributed by atoms with Gasteiger partial charge in [0, 0.05) is 18.9 Å². The highest BCUT2D eigenvalue weighted by Crippen LogP contribution is 2.18. The summed E-state index contributed by atoms with van der Waals surface area (Å²) in [4.78, 5) is 24.3. The Balaban J connectivity index is 3.26. The number of carbonyl (C=O) groups is 2. The molecular weight excluding hydrogens is 282 g/mol. The Morgan fingerprint density at radius 2 is 1.85 bits per heavy atom. The first-order valence-electron chi connectivity index (χ1n) is 5.86. The number of carboxylic acids is 1. The third kappa shape index (κ3) is 3.36. The molecule has 0 saturated carbocycles. The lowest BCUT2D eigenvalue weighted by Crippen LogP contribution is -2.40. The van der Waals surface area contributed by atoms with Crippen LogP contribution in [0.1, 0.15) is 22.8 Å². The summed E-state index contributed by atoms with van der Waals surface area (Å²) in [6.07, 6.45) is 1.05. The molecule has 20 heavy (non-hydrogen) atoms. The first-order valence-corrected chi connectivity index (χ1v) is 7.75. The van der Waals surface area contributed by atoms with Crippen molar-refractivity contribution in [2.75, 3.05) is 13.3 Å². The van der Waals surface area contributed by atoms with E-state index in [1.807, 2.05) is 0 Å². The number of aryl methyl sites for hydroxylation is 1. The van der Waals surface area contributed by atoms with Gasteiger partial charge in [0.2, 0.25) is 0 Å². The molecule has 6 nitrogen and oxygen atoms in total. The van der Waals surface area contributed by atoms with Crippen molar-refractivity contribution in [3.8, 4) is 0 Å². The zero-order valence-corrected chi connectivity index (χ0v) is 12.6. The van der Waals surface area contributed by atoms with Crippen LogP contribution in [0.2, 0.25) is 0 Å². The molecule has 1 aromatic rings. The number of likely N-dealkylation sites (N-methyl/N-ethyl adjacent to an activating group) is 1. The van der Waals surface area contributed by atoms with Crippen LogP contribution in [0.4, 0.5) is 0 Å². The van der Waals surface area contributed by atoms with Gasteiger partial charge in [-0.3, -0.25) is 4.79 Å². The summed E-state index contributed by atoms with van der Waals surface area (Å²) >= 11 is 0. The summed E-state index contributed by atoms with van der Waals surface area (Å²) < 4.78 is 23.0. The molecular formula is C13H17NO5S. The van der Waals surface area contributed by atoms with Gasteiger partial charge in [0.05, 0.1) is 4.90 Å². The molecule has 0 aliphatic heterocycles. The summed E-state index contributed by atoms with van der Waals surface area (Å²) in [5.74, 6) is -1.65. The van der Waals surface area contributed by atoms with E-state index in [9.17, 15) is 18.0 Å². The van der Waals surface area contributed by atoms with Gasteiger partial charge in [-0.25, -0.2) is 13.2 Å². The number of amides is 1. The van der Waals surface area contributed by atoms with Gasteiger partial charge in [0.25, 0.3) is 5.91 Å². The molecule has 0 aliphatic rings. The molecule has 1 rings (SSSR count). The van der Waals surface area contributed by atoms with E-state index in [1.165, 1.54) is 32.2 Å². The highest BCUT2D eigenvalue weighted by Gasteiger charge is 2.24. The Bertz CT molecular complexity index is 651. The second-order valence-corrected chi connectivity index (χ2v) is 6.69. The predicted molar refractivity (Wildman–Crippen MR) is 73.5 cm³/mol. The van der Waals surface area contributed by atoms with Gasteiger partial charge >= 0.3 is 5.97 Å². The van der Waals surface area contributed by atoms with Crippen LogP contribution in [-0.2, 0) is 14.6 Å². The highest BCUT2D eigenvalue weighted by atomic mass is 32.2. The molecule has 0 spiro atoms. The first kappa shape index (κ1) is 16.2. The van der Waals surface area contributed by atoms with E-state index < -0.39 is 27.8 Å². The van der Waals surface area contributed by atoms with Crippen LogP contribution in [0.15, 0.2) is 23.1 Å². The number of hydrogen-bond donors (Lipinski definition) is 1. The van der Waals surface area contributed by atoms with Crippen LogP contribution in [0.3, 0.4) is 0 Å². The standard InChI is InChI=1S/C13H17NO5S/c1-8-5-6-10(20(4,18)19)7-11(8)12(15)14(3)9(2)13(16)17/h5-7,9H,1-4H3,(H,16,17). The molecule has 0 bridgehead atoms. The number of aliphatic carboxylic acids is 1. The number of sulfone groups is 1. The van der Waals surface area contributed by atoms with Crippen molar-refractivity contribution in [2.24, 2.45) is 0 Å². The Morgan fingerprint density at radius 1 is 1.30 bits per heavy atom. The fraction of sp³-hybridized carbons (Fsp3) is 0.385. The molecule has 7 heteroatoms. The number of rotatable bonds is 4. The lowest BCUT2D eigenvalue weighted by molar-refractivity contribution is -0.141. The van der Waals surface area contributed by atoms with Gasteiger partial charge in [-0.1, -0.05) is 6.07 Å². The first-order chi connectivity index (χ1) is 9.05. The van der Waals surface area contributed by atoms with Gasteiger partial charge in [-0.15, -0.1) is 0 Å². The van der Waals surface area contributed by atoms with Crippen LogP contribution in [-0.4, -0.2) is 49.6 Å². The van der Waals surface area contributed by atoms with Crippen molar-refractivity contribution in [3.63, 3.8) is 0 Å². The smallest absolute Gasteiger partial charge is 0.326 e. The molecule has 0 radical (unpaired) electrons. The van der Waals surface area contributed by atoms with Gasteiger partial charge in [-0.2, -0.15) is 0 Å². The van der Waals surface area contributed by atoms with Crippen molar-refractivity contribution in [3.05, 3.63) is 29.3 Å². The maximum Gasteiger partial charge on any atom is 0.326 e. The number of nitrogens with zero attached hydrogens (tertiary/aromatic N) is 1. The maximum absolute atomic E-state index is 12.3. The minimum Gasteiger partial charge on any atom is -0.480 e. The lowest BCUT2D eigenvalue weighted by Gasteiger charge is -2.22. The van der Waals surface area contributed by atoms with Crippen molar-refractivity contribution < 1.29 is 23.1 Å². The summed E-state index contributed by atoms with van der Waals surface area (Å²) in [5.41, 5.74) is 0.773. The van der Waals surface area contributed by atoms with E-state index in [2.05, 4.69) is 0 Å². The molecule has 1 N–H and O–H groups in total. The molecule has 1 amide bonds. The zero-order valence-electron chi connectivity index (χ0n) is 11.7. The van der Waals surface area contributed by atoms with Crippen LogP contribution >= 0.6 is 0 Å². The summed E-state index contributed by atoms with van der Waals surface area (Å²) in [6, 6.07) is 3.23. The molecule has 110 valence electrons. The molecule has 0 saturated heterocycles. The molecule has 1 atom stereocenters. The SMILES string of the molecule is Cc1ccc(S(C)(=O)=O)cc1C(=O)N(C)C(C)C(=O)O. The van der Waals surface area contributed by atoms with Crippen molar-refractivity contribution in [1.82, 2.24) is 4.90 Å². The number of hydrogen-bond acceptors (Lipinski definition) is 4. The topological polar surface area (TPSA) is 91.8 Å². The maximum atomic E-state index is 12.3. The highest BCUT2D eigenvalue weighted by molar-refractivity contribution is 7.90. The van der Waals surface area contributed by atoms with Gasteiger partial charge in [0.1, 0.15) is 6.04 Å². The fourth-order valence-electron chi connectivity index (χ4n) is 1.59. The van der Waals surface area contributed by atoms with Crippen LogP contribution in [0, 0.1) is 6.92 Å². The average molecular weight is 299 g/mol. The van der Waals surface area contributed by atoms with E-state index in [0.717, 1.165) is 11.2 Å². The second kappa shape index (κ2) is 5.62. The summed E-state index contributed by atoms with van der Waals surface area (Å²) in [5, 5.41) is 8.91. The summed E-state index contributed by atoms with van der Waals surface area (Å²) in [6.45, 7) is 3.05. The van der Waals surface area contributed by atoms with E-state index in [0.29, 0.717) is 5.56 Å². The van der Waals surface area contributed by atoms with Gasteiger partial charge in [-0.05, 0) is 31.5 Å². The van der Waals surface area contributed by atoms with Crippen molar-refractivity contribution in [2.45, 2.75) is 24.8 Å². The predicted octanol–water partition coefficient (Wildman–Crippen LogP) is 0.944. The number of benzene rings is 1. The minimum atomic E-state index is -3.42. The quantitative estimate of drug-likeness (QED) is 0.893. The van der Waals surface area contributed by atoms with Crippen molar-refractivity contribution in [1.29, 1.82) is 0 Å². The lowest BCUT2D eigenvalue weighted by atomic mass is 10.1. The van der Waals surface area contributed by atoms with E-state index in [4.69, 9.17) is 5.11 Å². The molecule has 1 unspecified atom stereocenters. The van der Waals surface area contributed by atoms with Crippen molar-refractivity contribution >= 4 is 21.7 Å². The Labute approximate surface area is 117 Å². The van der Waals surface area contributed by atoms with E-state index in [-0.39, 0.29) is 10.5 Å².